The van der Waals surface area contributed by atoms with Gasteiger partial charge in [0.25, 0.3) is 0 Å². The van der Waals surface area contributed by atoms with Crippen LogP contribution in [0.5, 0.6) is 5.75 Å². The van der Waals surface area contributed by atoms with Crippen LogP contribution in [-0.4, -0.2) is 34.7 Å². The number of ether oxygens (including phenoxy) is 1. The van der Waals surface area contributed by atoms with Crippen molar-refractivity contribution in [2.24, 2.45) is 0 Å². The van der Waals surface area contributed by atoms with Crippen LogP contribution in [0.2, 0.25) is 0 Å². The molecule has 7 heteroatoms. The Kier molecular flexibility index (Phi) is 3.89. The molecule has 0 bridgehead atoms. The second-order valence-electron chi connectivity index (χ2n) is 5.80. The van der Waals surface area contributed by atoms with Crippen molar-refractivity contribution in [2.45, 2.75) is 12.3 Å². The number of amides is 1. The zero-order valence-corrected chi connectivity index (χ0v) is 13.6. The minimum absolute atomic E-state index is 0.0272. The van der Waals surface area contributed by atoms with Gasteiger partial charge in [-0.1, -0.05) is 11.2 Å². The van der Waals surface area contributed by atoms with E-state index in [4.69, 9.17) is 9.26 Å². The van der Waals surface area contributed by atoms with Crippen LogP contribution in [0.1, 0.15) is 18.2 Å². The van der Waals surface area contributed by atoms with Crippen LogP contribution in [0.3, 0.4) is 0 Å². The molecule has 1 atom stereocenters. The van der Waals surface area contributed by atoms with Crippen molar-refractivity contribution in [1.29, 1.82) is 0 Å². The van der Waals surface area contributed by atoms with E-state index < -0.39 is 0 Å². The number of hydrogen-bond acceptors (Lipinski definition) is 6. The Hall–Kier alpha value is -3.22. The predicted octanol–water partition coefficient (Wildman–Crippen LogP) is 2.66. The van der Waals surface area contributed by atoms with Gasteiger partial charge in [0.1, 0.15) is 5.75 Å². The highest BCUT2D eigenvalue weighted by Crippen LogP contribution is 2.33. The molecule has 0 spiro atoms. The van der Waals surface area contributed by atoms with Gasteiger partial charge in [-0.25, -0.2) is 0 Å². The lowest BCUT2D eigenvalue weighted by Crippen LogP contribution is -2.24. The van der Waals surface area contributed by atoms with E-state index in [0.29, 0.717) is 30.4 Å². The molecule has 2 aromatic heterocycles. The highest BCUT2D eigenvalue weighted by molar-refractivity contribution is 5.96. The zero-order valence-electron chi connectivity index (χ0n) is 13.6. The molecule has 3 aromatic rings. The molecule has 1 amide bonds. The topological polar surface area (TPSA) is 81.3 Å². The van der Waals surface area contributed by atoms with Gasteiger partial charge in [-0.3, -0.25) is 9.78 Å². The number of carbonyl (C=O) groups is 1. The first kappa shape index (κ1) is 15.3. The van der Waals surface area contributed by atoms with Gasteiger partial charge in [0, 0.05) is 42.7 Å². The van der Waals surface area contributed by atoms with E-state index in [9.17, 15) is 4.79 Å². The summed E-state index contributed by atoms with van der Waals surface area (Å²) >= 11 is 0. The Labute approximate surface area is 144 Å². The van der Waals surface area contributed by atoms with Crippen LogP contribution >= 0.6 is 0 Å². The van der Waals surface area contributed by atoms with Crippen LogP contribution in [0.4, 0.5) is 5.69 Å². The fourth-order valence-corrected chi connectivity index (χ4v) is 2.91. The zero-order chi connectivity index (χ0) is 17.2. The first-order valence-electron chi connectivity index (χ1n) is 7.93. The van der Waals surface area contributed by atoms with E-state index in [2.05, 4.69) is 15.1 Å². The average molecular weight is 336 g/mol. The Morgan fingerprint density at radius 1 is 1.28 bits per heavy atom. The minimum atomic E-state index is -0.128. The highest BCUT2D eigenvalue weighted by Gasteiger charge is 2.35. The summed E-state index contributed by atoms with van der Waals surface area (Å²) in [5, 5.41) is 4.01. The third-order valence-electron chi connectivity index (χ3n) is 4.20. The predicted molar refractivity (Wildman–Crippen MR) is 90.2 cm³/mol. The maximum atomic E-state index is 12.4. The quantitative estimate of drug-likeness (QED) is 0.728. The third kappa shape index (κ3) is 2.96. The number of anilines is 1. The number of nitrogens with zero attached hydrogens (tertiary/aromatic N) is 4. The second kappa shape index (κ2) is 6.35. The third-order valence-corrected chi connectivity index (χ3v) is 4.20. The molecular formula is C18H16N4O3. The Morgan fingerprint density at radius 2 is 2.20 bits per heavy atom. The van der Waals surface area contributed by atoms with E-state index in [1.54, 1.807) is 24.4 Å². The number of aromatic nitrogens is 3. The fraction of sp³-hybridized carbons (Fsp3) is 0.222. The van der Waals surface area contributed by atoms with Gasteiger partial charge in [0.05, 0.1) is 13.0 Å². The van der Waals surface area contributed by atoms with Crippen LogP contribution in [0.15, 0.2) is 53.3 Å². The lowest BCUT2D eigenvalue weighted by Gasteiger charge is -2.16. The van der Waals surface area contributed by atoms with Crippen LogP contribution in [-0.2, 0) is 4.79 Å². The number of hydrogen-bond donors (Lipinski definition) is 0. The second-order valence-corrected chi connectivity index (χ2v) is 5.80. The molecule has 4 rings (SSSR count). The van der Waals surface area contributed by atoms with E-state index in [-0.39, 0.29) is 11.8 Å². The van der Waals surface area contributed by atoms with Gasteiger partial charge in [-0.2, -0.15) is 4.98 Å². The van der Waals surface area contributed by atoms with Crippen molar-refractivity contribution >= 4 is 11.6 Å². The number of carbonyl (C=O) groups excluding carboxylic acids is 1. The fourth-order valence-electron chi connectivity index (χ4n) is 2.91. The van der Waals surface area contributed by atoms with Gasteiger partial charge in [0.15, 0.2) is 0 Å². The summed E-state index contributed by atoms with van der Waals surface area (Å²) in [7, 11) is 1.60. The summed E-state index contributed by atoms with van der Waals surface area (Å²) < 4.78 is 10.6. The van der Waals surface area contributed by atoms with E-state index in [1.165, 1.54) is 0 Å². The molecule has 126 valence electrons. The van der Waals surface area contributed by atoms with E-state index >= 15 is 0 Å². The molecule has 1 aliphatic rings. The summed E-state index contributed by atoms with van der Waals surface area (Å²) in [6.07, 6.45) is 3.70. The average Bonchev–Trinajstić information content (AvgIpc) is 3.29. The van der Waals surface area contributed by atoms with Gasteiger partial charge in [0.2, 0.25) is 17.6 Å². The van der Waals surface area contributed by atoms with Crippen molar-refractivity contribution < 1.29 is 14.1 Å². The van der Waals surface area contributed by atoms with Gasteiger partial charge < -0.3 is 14.2 Å². The van der Waals surface area contributed by atoms with Crippen molar-refractivity contribution in [3.63, 3.8) is 0 Å². The first-order chi connectivity index (χ1) is 12.2. The number of benzene rings is 1. The Bertz CT molecular complexity index is 894. The lowest BCUT2D eigenvalue weighted by atomic mass is 10.1. The van der Waals surface area contributed by atoms with Crippen LogP contribution in [0.25, 0.3) is 11.4 Å². The molecule has 1 unspecified atom stereocenters. The van der Waals surface area contributed by atoms with Crippen molar-refractivity contribution in [3.05, 3.63) is 54.7 Å². The maximum Gasteiger partial charge on any atom is 0.232 e. The van der Waals surface area contributed by atoms with Crippen LogP contribution in [0, 0.1) is 0 Å². The molecular weight excluding hydrogens is 320 g/mol. The van der Waals surface area contributed by atoms with Gasteiger partial charge in [-0.15, -0.1) is 0 Å². The Balaban J connectivity index is 1.55. The lowest BCUT2D eigenvalue weighted by molar-refractivity contribution is -0.117. The molecule has 1 aliphatic heterocycles. The maximum absolute atomic E-state index is 12.4. The summed E-state index contributed by atoms with van der Waals surface area (Å²) in [5.41, 5.74) is 1.59. The number of pyridine rings is 1. The molecule has 1 saturated heterocycles. The van der Waals surface area contributed by atoms with E-state index in [1.807, 2.05) is 36.4 Å². The summed E-state index contributed by atoms with van der Waals surface area (Å²) in [6, 6.07) is 11.1. The number of rotatable bonds is 4. The van der Waals surface area contributed by atoms with Crippen molar-refractivity contribution in [2.75, 3.05) is 18.6 Å². The van der Waals surface area contributed by atoms with Crippen LogP contribution < -0.4 is 9.64 Å². The highest BCUT2D eigenvalue weighted by atomic mass is 16.5. The van der Waals surface area contributed by atoms with E-state index in [0.717, 1.165) is 11.3 Å². The Morgan fingerprint density at radius 3 is 3.00 bits per heavy atom. The molecule has 3 heterocycles. The minimum Gasteiger partial charge on any atom is -0.497 e. The molecule has 0 radical (unpaired) electrons. The number of methoxy groups -OCH3 is 1. The van der Waals surface area contributed by atoms with Gasteiger partial charge in [-0.05, 0) is 24.3 Å². The van der Waals surface area contributed by atoms with Crippen molar-refractivity contribution in [1.82, 2.24) is 15.1 Å². The monoisotopic (exact) mass is 336 g/mol. The molecule has 1 aromatic carbocycles. The molecule has 1 fully saturated rings. The molecule has 7 nitrogen and oxygen atoms in total. The smallest absolute Gasteiger partial charge is 0.232 e. The first-order valence-corrected chi connectivity index (χ1v) is 7.93. The molecule has 0 N–H and O–H groups in total. The SMILES string of the molecule is COc1cccc(N2CC(c3nc(-c4cccnc4)no3)CC2=O)c1. The molecule has 0 aliphatic carbocycles. The largest absolute Gasteiger partial charge is 0.497 e. The van der Waals surface area contributed by atoms with Crippen molar-refractivity contribution in [3.8, 4) is 17.1 Å². The molecule has 25 heavy (non-hydrogen) atoms. The summed E-state index contributed by atoms with van der Waals surface area (Å²) in [6.45, 7) is 0.501. The van der Waals surface area contributed by atoms with Gasteiger partial charge >= 0.3 is 0 Å². The normalized spacial score (nSPS) is 17.1. The molecule has 0 saturated carbocycles. The summed E-state index contributed by atoms with van der Waals surface area (Å²) in [4.78, 5) is 22.6. The summed E-state index contributed by atoms with van der Waals surface area (Å²) in [5.74, 6) is 1.56. The standard InChI is InChI=1S/C18H16N4O3/c1-24-15-6-2-5-14(9-15)22-11-13(8-16(22)23)18-20-17(21-25-18)12-4-3-7-19-10-12/h2-7,9-10,13H,8,11H2,1H3.